The second-order valence-electron chi connectivity index (χ2n) is 4.47. The van der Waals surface area contributed by atoms with Crippen LogP contribution in [0, 0.1) is 17.8 Å². The number of hydrogen-bond acceptors (Lipinski definition) is 2. The molecule has 72 valence electrons. The van der Waals surface area contributed by atoms with Gasteiger partial charge in [0.1, 0.15) is 0 Å². The minimum atomic E-state index is 0.651. The van der Waals surface area contributed by atoms with E-state index < -0.39 is 0 Å². The van der Waals surface area contributed by atoms with Crippen LogP contribution in [0.25, 0.3) is 0 Å². The first-order chi connectivity index (χ1) is 5.65. The normalized spacial score (nSPS) is 30.8. The van der Waals surface area contributed by atoms with Crippen molar-refractivity contribution in [1.82, 2.24) is 5.32 Å². The van der Waals surface area contributed by atoms with Gasteiger partial charge in [0, 0.05) is 6.04 Å². The van der Waals surface area contributed by atoms with E-state index in [1.54, 1.807) is 0 Å². The van der Waals surface area contributed by atoms with Crippen LogP contribution in [-0.2, 0) is 0 Å². The highest BCUT2D eigenvalue weighted by Crippen LogP contribution is 2.29. The van der Waals surface area contributed by atoms with E-state index in [4.69, 9.17) is 5.73 Å². The second kappa shape index (κ2) is 4.24. The van der Waals surface area contributed by atoms with E-state index in [0.717, 1.165) is 25.0 Å². The molecule has 3 unspecified atom stereocenters. The third-order valence-electron chi connectivity index (χ3n) is 3.00. The maximum absolute atomic E-state index is 5.67. The summed E-state index contributed by atoms with van der Waals surface area (Å²) in [6.07, 6.45) is 1.36. The molecule has 1 aliphatic rings. The number of rotatable bonds is 5. The quantitative estimate of drug-likeness (QED) is 0.651. The zero-order valence-corrected chi connectivity index (χ0v) is 8.51. The number of hydrogen-bond donors (Lipinski definition) is 2. The Morgan fingerprint density at radius 2 is 2.08 bits per heavy atom. The molecule has 0 aromatic carbocycles. The zero-order valence-electron chi connectivity index (χ0n) is 8.51. The molecule has 3 atom stereocenters. The van der Waals surface area contributed by atoms with Gasteiger partial charge in [0.05, 0.1) is 0 Å². The Morgan fingerprint density at radius 1 is 1.50 bits per heavy atom. The minimum Gasteiger partial charge on any atom is -0.330 e. The van der Waals surface area contributed by atoms with Crippen LogP contribution in [-0.4, -0.2) is 19.1 Å². The summed E-state index contributed by atoms with van der Waals surface area (Å²) < 4.78 is 0. The van der Waals surface area contributed by atoms with Gasteiger partial charge < -0.3 is 11.1 Å². The van der Waals surface area contributed by atoms with Crippen molar-refractivity contribution < 1.29 is 0 Å². The van der Waals surface area contributed by atoms with E-state index >= 15 is 0 Å². The summed E-state index contributed by atoms with van der Waals surface area (Å²) in [4.78, 5) is 0. The average molecular weight is 170 g/mol. The van der Waals surface area contributed by atoms with Crippen molar-refractivity contribution in [1.29, 1.82) is 0 Å². The smallest absolute Gasteiger partial charge is 0.00965 e. The van der Waals surface area contributed by atoms with Crippen LogP contribution >= 0.6 is 0 Å². The van der Waals surface area contributed by atoms with Crippen LogP contribution in [0.15, 0.2) is 0 Å². The number of nitrogens with two attached hydrogens (primary N) is 1. The van der Waals surface area contributed by atoms with Crippen molar-refractivity contribution in [2.24, 2.45) is 23.5 Å². The molecule has 12 heavy (non-hydrogen) atoms. The van der Waals surface area contributed by atoms with Crippen molar-refractivity contribution in [2.45, 2.75) is 33.2 Å². The molecule has 0 heterocycles. The van der Waals surface area contributed by atoms with Gasteiger partial charge in [-0.15, -0.1) is 0 Å². The molecule has 0 bridgehead atoms. The predicted octanol–water partition coefficient (Wildman–Crippen LogP) is 1.22. The first-order valence-electron chi connectivity index (χ1n) is 5.08. The van der Waals surface area contributed by atoms with Crippen LogP contribution in [0.5, 0.6) is 0 Å². The molecule has 0 radical (unpaired) electrons. The molecule has 1 saturated carbocycles. The van der Waals surface area contributed by atoms with Crippen LogP contribution in [0.1, 0.15) is 27.2 Å². The third-order valence-corrected chi connectivity index (χ3v) is 3.00. The summed E-state index contributed by atoms with van der Waals surface area (Å²) in [5.41, 5.74) is 5.67. The van der Waals surface area contributed by atoms with Crippen molar-refractivity contribution in [3.8, 4) is 0 Å². The van der Waals surface area contributed by atoms with E-state index in [2.05, 4.69) is 26.1 Å². The molecule has 1 aliphatic carbocycles. The van der Waals surface area contributed by atoms with Crippen molar-refractivity contribution in [3.05, 3.63) is 0 Å². The molecule has 2 heteroatoms. The number of nitrogens with one attached hydrogen (secondary N) is 1. The Hall–Kier alpha value is -0.0800. The van der Waals surface area contributed by atoms with Gasteiger partial charge in [-0.25, -0.2) is 0 Å². The van der Waals surface area contributed by atoms with Gasteiger partial charge in [0.25, 0.3) is 0 Å². The first kappa shape index (κ1) is 10.0. The van der Waals surface area contributed by atoms with Gasteiger partial charge in [-0.3, -0.25) is 0 Å². The zero-order chi connectivity index (χ0) is 9.14. The molecule has 0 aromatic heterocycles. The molecule has 0 spiro atoms. The molecule has 1 rings (SSSR count). The standard InChI is InChI=1S/C10H22N2/c1-7(2)9(5-11)6-12-10-4-8(10)3/h7-10,12H,4-6,11H2,1-3H3. The van der Waals surface area contributed by atoms with Crippen molar-refractivity contribution in [2.75, 3.05) is 13.1 Å². The van der Waals surface area contributed by atoms with Gasteiger partial charge in [-0.1, -0.05) is 20.8 Å². The SMILES string of the molecule is CC(C)C(CN)CNC1CC1C. The Balaban J connectivity index is 2.11. The third kappa shape index (κ3) is 2.76. The van der Waals surface area contributed by atoms with Crippen LogP contribution in [0.3, 0.4) is 0 Å². The lowest BCUT2D eigenvalue weighted by Crippen LogP contribution is -2.33. The summed E-state index contributed by atoms with van der Waals surface area (Å²) >= 11 is 0. The van der Waals surface area contributed by atoms with Gasteiger partial charge in [-0.2, -0.15) is 0 Å². The molecule has 0 aliphatic heterocycles. The van der Waals surface area contributed by atoms with Gasteiger partial charge in [-0.05, 0) is 37.3 Å². The maximum Gasteiger partial charge on any atom is 0.00965 e. The summed E-state index contributed by atoms with van der Waals surface area (Å²) in [7, 11) is 0. The molecule has 0 amide bonds. The van der Waals surface area contributed by atoms with E-state index in [-0.39, 0.29) is 0 Å². The van der Waals surface area contributed by atoms with E-state index in [1.165, 1.54) is 6.42 Å². The fourth-order valence-electron chi connectivity index (χ4n) is 1.50. The summed E-state index contributed by atoms with van der Waals surface area (Å²) in [5, 5.41) is 3.56. The topological polar surface area (TPSA) is 38.0 Å². The lowest BCUT2D eigenvalue weighted by Gasteiger charge is -2.19. The lowest BCUT2D eigenvalue weighted by molar-refractivity contribution is 0.368. The Bertz CT molecular complexity index is 134. The van der Waals surface area contributed by atoms with E-state index in [9.17, 15) is 0 Å². The Kier molecular flexibility index (Phi) is 3.53. The summed E-state index contributed by atoms with van der Waals surface area (Å²) in [6, 6.07) is 0.790. The van der Waals surface area contributed by atoms with Gasteiger partial charge >= 0.3 is 0 Å². The fourth-order valence-corrected chi connectivity index (χ4v) is 1.50. The largest absolute Gasteiger partial charge is 0.330 e. The molecule has 2 nitrogen and oxygen atoms in total. The summed E-state index contributed by atoms with van der Waals surface area (Å²) in [6.45, 7) is 8.70. The van der Waals surface area contributed by atoms with E-state index in [1.807, 2.05) is 0 Å². The molecular formula is C10H22N2. The van der Waals surface area contributed by atoms with Crippen LogP contribution in [0.2, 0.25) is 0 Å². The maximum atomic E-state index is 5.67. The molecular weight excluding hydrogens is 148 g/mol. The highest BCUT2D eigenvalue weighted by atomic mass is 15.0. The van der Waals surface area contributed by atoms with Crippen LogP contribution in [0.4, 0.5) is 0 Å². The Labute approximate surface area is 75.9 Å². The molecule has 1 fully saturated rings. The summed E-state index contributed by atoms with van der Waals surface area (Å²) in [5.74, 6) is 2.25. The monoisotopic (exact) mass is 170 g/mol. The van der Waals surface area contributed by atoms with Gasteiger partial charge in [0.2, 0.25) is 0 Å². The van der Waals surface area contributed by atoms with Crippen LogP contribution < -0.4 is 11.1 Å². The highest BCUT2D eigenvalue weighted by Gasteiger charge is 2.32. The average Bonchev–Trinajstić information content (AvgIpc) is 2.67. The predicted molar refractivity (Wildman–Crippen MR) is 53.0 cm³/mol. The lowest BCUT2D eigenvalue weighted by atomic mass is 9.96. The van der Waals surface area contributed by atoms with Crippen molar-refractivity contribution >= 4 is 0 Å². The van der Waals surface area contributed by atoms with E-state index in [0.29, 0.717) is 11.8 Å². The minimum absolute atomic E-state index is 0.651. The van der Waals surface area contributed by atoms with Crippen molar-refractivity contribution in [3.63, 3.8) is 0 Å². The highest BCUT2D eigenvalue weighted by molar-refractivity contribution is 4.90. The Morgan fingerprint density at radius 3 is 2.42 bits per heavy atom. The van der Waals surface area contributed by atoms with Gasteiger partial charge in [0.15, 0.2) is 0 Å². The molecule has 3 N–H and O–H groups in total. The first-order valence-corrected chi connectivity index (χ1v) is 5.08. The molecule has 0 saturated heterocycles. The second-order valence-corrected chi connectivity index (χ2v) is 4.47. The fraction of sp³-hybridized carbons (Fsp3) is 1.00. The molecule has 0 aromatic rings.